The van der Waals surface area contributed by atoms with Gasteiger partial charge in [0, 0.05) is 59.9 Å². The highest BCUT2D eigenvalue weighted by molar-refractivity contribution is 7.90. The predicted molar refractivity (Wildman–Crippen MR) is 200 cm³/mol. The van der Waals surface area contributed by atoms with Gasteiger partial charge in [0.25, 0.3) is 5.91 Å². The van der Waals surface area contributed by atoms with Gasteiger partial charge in [-0.15, -0.1) is 0 Å². The van der Waals surface area contributed by atoms with Crippen molar-refractivity contribution in [3.8, 4) is 33.4 Å². The number of nitrogens with two attached hydrogens (primary N) is 1. The lowest BCUT2D eigenvalue weighted by molar-refractivity contribution is -0.145. The number of carbonyl (C=O) groups excluding carboxylic acids is 2. The average molecular weight is 785 g/mol. The Morgan fingerprint density at radius 1 is 0.745 bits per heavy atom. The number of nitrogens with zero attached hydrogens (tertiary/aromatic N) is 4. The van der Waals surface area contributed by atoms with Crippen LogP contribution in [0.15, 0.2) is 102 Å². The van der Waals surface area contributed by atoms with Crippen LogP contribution in [0, 0.1) is 0 Å². The van der Waals surface area contributed by atoms with Crippen molar-refractivity contribution in [3.63, 3.8) is 0 Å². The summed E-state index contributed by atoms with van der Waals surface area (Å²) in [4.78, 5) is 54.4. The largest absolute Gasteiger partial charge is 0.480 e. The number of carbonyl (C=O) groups is 3. The number of ether oxygens (including phenoxy) is 1. The Bertz CT molecular complexity index is 2360. The molecule has 55 heavy (non-hydrogen) atoms. The lowest BCUT2D eigenvalue weighted by Crippen LogP contribution is -2.41. The first-order valence-corrected chi connectivity index (χ1v) is 20.7. The Hall–Kier alpha value is -5.91. The normalized spacial score (nSPS) is 13.7. The second kappa shape index (κ2) is 15.8. The van der Waals surface area contributed by atoms with Gasteiger partial charge < -0.3 is 20.9 Å². The first-order valence-electron chi connectivity index (χ1n) is 16.9. The topological polar surface area (TPSA) is 239 Å². The zero-order chi connectivity index (χ0) is 39.5. The molecule has 3 aromatic carbocycles. The van der Waals surface area contributed by atoms with E-state index in [9.17, 15) is 36.3 Å². The Balaban J connectivity index is 1.13. The molecule has 0 spiro atoms. The van der Waals surface area contributed by atoms with Crippen LogP contribution in [0.4, 0.5) is 0 Å². The second-order valence-electron chi connectivity index (χ2n) is 13.1. The summed E-state index contributed by atoms with van der Waals surface area (Å²) in [6.07, 6.45) is 7.16. The standard InChI is InChI=1S/C38H36N6O9S2/c1-54(49,50)37-40-17-25(18-41-37)22-14-23(26-19-42-38(43-20-26)55(2,51)52)16-24(15-22)34(45)44-33(35(46)47)13-7-12-32(39)36(48)53-21-31-29-10-5-3-8-27(29)28-9-4-6-11-30(28)31/h3-6,8-11,14-20,31-33H,7,12-13,21,39H2,1-2H3,(H,44,45)(H,46,47)/t32?,33-/m0/s1. The molecule has 5 aromatic rings. The van der Waals surface area contributed by atoms with Gasteiger partial charge in [0.2, 0.25) is 30.0 Å². The van der Waals surface area contributed by atoms with Gasteiger partial charge in [-0.2, -0.15) is 0 Å². The molecule has 1 amide bonds. The number of sulfone groups is 2. The van der Waals surface area contributed by atoms with Crippen LogP contribution < -0.4 is 11.1 Å². The fraction of sp³-hybridized carbons (Fsp3) is 0.237. The number of fused-ring (bicyclic) bond motifs is 3. The van der Waals surface area contributed by atoms with Crippen LogP contribution >= 0.6 is 0 Å². The highest BCUT2D eigenvalue weighted by atomic mass is 32.2. The zero-order valence-corrected chi connectivity index (χ0v) is 31.2. The monoisotopic (exact) mass is 784 g/mol. The Kier molecular flexibility index (Phi) is 11.2. The van der Waals surface area contributed by atoms with Crippen LogP contribution in [0.25, 0.3) is 33.4 Å². The molecule has 0 aliphatic heterocycles. The van der Waals surface area contributed by atoms with Gasteiger partial charge in [-0.3, -0.25) is 9.59 Å². The lowest BCUT2D eigenvalue weighted by atomic mass is 9.98. The van der Waals surface area contributed by atoms with Crippen molar-refractivity contribution in [2.24, 2.45) is 5.73 Å². The summed E-state index contributed by atoms with van der Waals surface area (Å²) in [6, 6.07) is 18.0. The van der Waals surface area contributed by atoms with Crippen molar-refractivity contribution in [2.75, 3.05) is 19.1 Å². The third-order valence-corrected chi connectivity index (χ3v) is 10.8. The molecule has 4 N–H and O–H groups in total. The second-order valence-corrected chi connectivity index (χ2v) is 16.9. The molecule has 2 atom stereocenters. The van der Waals surface area contributed by atoms with Crippen molar-refractivity contribution in [2.45, 2.75) is 47.6 Å². The van der Waals surface area contributed by atoms with Gasteiger partial charge in [-0.1, -0.05) is 48.5 Å². The Morgan fingerprint density at radius 3 is 1.67 bits per heavy atom. The summed E-state index contributed by atoms with van der Waals surface area (Å²) >= 11 is 0. The summed E-state index contributed by atoms with van der Waals surface area (Å²) < 4.78 is 53.3. The molecule has 0 bridgehead atoms. The number of rotatable bonds is 14. The molecule has 0 radical (unpaired) electrons. The fourth-order valence-electron chi connectivity index (χ4n) is 6.28. The number of aliphatic carboxylic acids is 1. The molecule has 1 aliphatic rings. The molecule has 17 heteroatoms. The van der Waals surface area contributed by atoms with E-state index < -0.39 is 59.9 Å². The number of aromatic nitrogens is 4. The van der Waals surface area contributed by atoms with Gasteiger partial charge in [-0.25, -0.2) is 41.6 Å². The molecule has 2 aromatic heterocycles. The van der Waals surface area contributed by atoms with E-state index in [-0.39, 0.29) is 37.4 Å². The number of carboxylic acid groups (broad SMARTS) is 1. The fourth-order valence-corrected chi connectivity index (χ4v) is 7.25. The molecule has 0 saturated carbocycles. The number of amides is 1. The summed E-state index contributed by atoms with van der Waals surface area (Å²) in [7, 11) is -7.40. The molecule has 1 unspecified atom stereocenters. The summed E-state index contributed by atoms with van der Waals surface area (Å²) in [5.41, 5.74) is 11.8. The molecule has 2 heterocycles. The first-order chi connectivity index (χ1) is 26.1. The first kappa shape index (κ1) is 38.8. The van der Waals surface area contributed by atoms with E-state index in [2.05, 4.69) is 25.3 Å². The van der Waals surface area contributed by atoms with Crippen molar-refractivity contribution in [1.82, 2.24) is 25.3 Å². The maximum absolute atomic E-state index is 13.6. The highest BCUT2D eigenvalue weighted by Crippen LogP contribution is 2.44. The highest BCUT2D eigenvalue weighted by Gasteiger charge is 2.30. The van der Waals surface area contributed by atoms with Crippen molar-refractivity contribution in [3.05, 3.63) is 108 Å². The minimum absolute atomic E-state index is 0.00784. The quantitative estimate of drug-likeness (QED) is 0.108. The molecule has 0 fully saturated rings. The van der Waals surface area contributed by atoms with Crippen LogP contribution in [-0.2, 0) is 34.0 Å². The Labute approximate surface area is 316 Å². The minimum atomic E-state index is -3.70. The number of hydrogen-bond acceptors (Lipinski definition) is 13. The third kappa shape index (κ3) is 8.91. The van der Waals surface area contributed by atoms with Gasteiger partial charge in [0.05, 0.1) is 0 Å². The molecule has 6 rings (SSSR count). The van der Waals surface area contributed by atoms with E-state index in [0.29, 0.717) is 22.3 Å². The van der Waals surface area contributed by atoms with E-state index in [1.165, 1.54) is 36.9 Å². The minimum Gasteiger partial charge on any atom is -0.480 e. The number of esters is 1. The van der Waals surface area contributed by atoms with Crippen LogP contribution in [-0.4, -0.2) is 90.9 Å². The third-order valence-electron chi connectivity index (χ3n) is 9.05. The van der Waals surface area contributed by atoms with Crippen LogP contribution in [0.5, 0.6) is 0 Å². The summed E-state index contributed by atoms with van der Waals surface area (Å²) in [6.45, 7) is 0.0946. The van der Waals surface area contributed by atoms with E-state index >= 15 is 0 Å². The predicted octanol–water partition coefficient (Wildman–Crippen LogP) is 3.44. The van der Waals surface area contributed by atoms with Gasteiger partial charge in [-0.05, 0) is 70.8 Å². The molecule has 284 valence electrons. The summed E-state index contributed by atoms with van der Waals surface area (Å²) in [5, 5.41) is 11.7. The Morgan fingerprint density at radius 2 is 1.22 bits per heavy atom. The van der Waals surface area contributed by atoms with Crippen LogP contribution in [0.1, 0.15) is 46.7 Å². The van der Waals surface area contributed by atoms with Crippen molar-refractivity contribution >= 4 is 37.5 Å². The number of hydrogen-bond donors (Lipinski definition) is 3. The molecule has 1 aliphatic carbocycles. The zero-order valence-electron chi connectivity index (χ0n) is 29.6. The van der Waals surface area contributed by atoms with E-state index in [1.54, 1.807) is 6.07 Å². The molecule has 0 saturated heterocycles. The number of carboxylic acids is 1. The van der Waals surface area contributed by atoms with Gasteiger partial charge in [0.15, 0.2) is 0 Å². The number of nitrogens with one attached hydrogen (secondary N) is 1. The maximum atomic E-state index is 13.6. The van der Waals surface area contributed by atoms with Gasteiger partial charge in [0.1, 0.15) is 18.7 Å². The van der Waals surface area contributed by atoms with Crippen LogP contribution in [0.2, 0.25) is 0 Å². The molecule has 15 nitrogen and oxygen atoms in total. The van der Waals surface area contributed by atoms with E-state index in [1.807, 2.05) is 48.5 Å². The molecular weight excluding hydrogens is 749 g/mol. The van der Waals surface area contributed by atoms with Gasteiger partial charge >= 0.3 is 11.9 Å². The maximum Gasteiger partial charge on any atom is 0.326 e. The smallest absolute Gasteiger partial charge is 0.326 e. The SMILES string of the molecule is CS(=O)(=O)c1ncc(-c2cc(C(=O)N[C@@H](CCCC(N)C(=O)OCC3c4ccccc4-c4ccccc43)C(=O)O)cc(-c3cnc(S(C)(=O)=O)nc3)c2)cn1. The van der Waals surface area contributed by atoms with Crippen molar-refractivity contribution in [1.29, 1.82) is 0 Å². The number of benzene rings is 3. The van der Waals surface area contributed by atoms with E-state index in [0.717, 1.165) is 34.8 Å². The van der Waals surface area contributed by atoms with E-state index in [4.69, 9.17) is 10.5 Å². The summed E-state index contributed by atoms with van der Waals surface area (Å²) in [5.74, 6) is -2.84. The van der Waals surface area contributed by atoms with Crippen molar-refractivity contribution < 1.29 is 41.1 Å². The lowest BCUT2D eigenvalue weighted by Gasteiger charge is -2.18. The van der Waals surface area contributed by atoms with Crippen LogP contribution in [0.3, 0.4) is 0 Å². The molecular formula is C38H36N6O9S2. The average Bonchev–Trinajstić information content (AvgIpc) is 3.49.